The highest BCUT2D eigenvalue weighted by Gasteiger charge is 2.55. The van der Waals surface area contributed by atoms with Crippen LogP contribution in [0, 0.1) is 11.3 Å². The first-order valence-corrected chi connectivity index (χ1v) is 8.56. The van der Waals surface area contributed by atoms with Gasteiger partial charge in [0.05, 0.1) is 11.6 Å². The van der Waals surface area contributed by atoms with Gasteiger partial charge >= 0.3 is 6.03 Å². The molecule has 7 heteroatoms. The first kappa shape index (κ1) is 16.8. The molecule has 1 aliphatic carbocycles. The van der Waals surface area contributed by atoms with Crippen molar-refractivity contribution in [2.24, 2.45) is 0 Å². The predicted molar refractivity (Wildman–Crippen MR) is 96.5 cm³/mol. The van der Waals surface area contributed by atoms with Gasteiger partial charge in [-0.3, -0.25) is 14.5 Å². The fraction of sp³-hybridized carbons (Fsp3) is 0.200. The maximum atomic E-state index is 13.0. The van der Waals surface area contributed by atoms with Crippen molar-refractivity contribution >= 4 is 23.5 Å². The van der Waals surface area contributed by atoms with E-state index in [0.717, 1.165) is 16.0 Å². The Bertz CT molecular complexity index is 1010. The maximum Gasteiger partial charge on any atom is 0.325 e. The van der Waals surface area contributed by atoms with Crippen molar-refractivity contribution in [1.29, 1.82) is 5.26 Å². The smallest absolute Gasteiger partial charge is 0.324 e. The second-order valence-electron chi connectivity index (χ2n) is 6.62. The van der Waals surface area contributed by atoms with Crippen LogP contribution in [0.15, 0.2) is 48.5 Å². The number of hydrogen-bond donors (Lipinski definition) is 2. The second kappa shape index (κ2) is 6.25. The lowest BCUT2D eigenvalue weighted by atomic mass is 9.92. The Morgan fingerprint density at radius 3 is 2.85 bits per heavy atom. The van der Waals surface area contributed by atoms with Gasteiger partial charge in [-0.15, -0.1) is 0 Å². The Hall–Kier alpha value is -3.66. The number of amides is 4. The Kier molecular flexibility index (Phi) is 3.89. The molecule has 0 unspecified atom stereocenters. The molecule has 2 aromatic carbocycles. The molecule has 27 heavy (non-hydrogen) atoms. The SMILES string of the molecule is N#Cc1cccc(NC(=O)CN2C(=O)N[C@@]3(CCc4ccccc43)C2=O)c1. The van der Waals surface area contributed by atoms with Crippen molar-refractivity contribution in [3.63, 3.8) is 0 Å². The Labute approximate surface area is 155 Å². The zero-order chi connectivity index (χ0) is 19.0. The monoisotopic (exact) mass is 360 g/mol. The molecule has 2 aliphatic rings. The fourth-order valence-corrected chi connectivity index (χ4v) is 3.74. The van der Waals surface area contributed by atoms with E-state index in [-0.39, 0.29) is 6.54 Å². The summed E-state index contributed by atoms with van der Waals surface area (Å²) < 4.78 is 0. The summed E-state index contributed by atoms with van der Waals surface area (Å²) in [5.74, 6) is -0.907. The number of aryl methyl sites for hydroxylation is 1. The van der Waals surface area contributed by atoms with Crippen molar-refractivity contribution in [2.75, 3.05) is 11.9 Å². The normalized spacial score (nSPS) is 20.3. The lowest BCUT2D eigenvalue weighted by Gasteiger charge is -2.22. The van der Waals surface area contributed by atoms with E-state index >= 15 is 0 Å². The van der Waals surface area contributed by atoms with Crippen molar-refractivity contribution in [3.8, 4) is 6.07 Å². The molecular weight excluding hydrogens is 344 g/mol. The van der Waals surface area contributed by atoms with Crippen LogP contribution in [-0.2, 0) is 21.5 Å². The van der Waals surface area contributed by atoms with Crippen molar-refractivity contribution < 1.29 is 14.4 Å². The van der Waals surface area contributed by atoms with Crippen molar-refractivity contribution in [1.82, 2.24) is 10.2 Å². The first-order chi connectivity index (χ1) is 13.0. The van der Waals surface area contributed by atoms with Crippen molar-refractivity contribution in [2.45, 2.75) is 18.4 Å². The molecule has 0 radical (unpaired) electrons. The molecule has 0 saturated carbocycles. The van der Waals surface area contributed by atoms with Gasteiger partial charge in [-0.25, -0.2) is 4.79 Å². The molecule has 2 N–H and O–H groups in total. The molecule has 1 atom stereocenters. The summed E-state index contributed by atoms with van der Waals surface area (Å²) in [6.07, 6.45) is 1.18. The Morgan fingerprint density at radius 1 is 1.22 bits per heavy atom. The van der Waals surface area contributed by atoms with E-state index in [2.05, 4.69) is 10.6 Å². The molecule has 0 bridgehead atoms. The second-order valence-corrected chi connectivity index (χ2v) is 6.62. The van der Waals surface area contributed by atoms with E-state index in [1.54, 1.807) is 18.2 Å². The van der Waals surface area contributed by atoms with E-state index < -0.39 is 23.4 Å². The minimum Gasteiger partial charge on any atom is -0.324 e. The number of anilines is 1. The van der Waals surface area contributed by atoms with Crippen LogP contribution in [0.3, 0.4) is 0 Å². The molecule has 1 aliphatic heterocycles. The quantitative estimate of drug-likeness (QED) is 0.816. The third-order valence-corrected chi connectivity index (χ3v) is 5.00. The molecule has 134 valence electrons. The number of nitrogens with zero attached hydrogens (tertiary/aromatic N) is 2. The van der Waals surface area contributed by atoms with E-state index in [1.807, 2.05) is 30.3 Å². The van der Waals surface area contributed by atoms with Gasteiger partial charge in [0.2, 0.25) is 5.91 Å². The van der Waals surface area contributed by atoms with E-state index in [0.29, 0.717) is 24.1 Å². The minimum absolute atomic E-state index is 0.384. The van der Waals surface area contributed by atoms with Crippen LogP contribution in [0.5, 0.6) is 0 Å². The Balaban J connectivity index is 1.52. The number of nitriles is 1. The summed E-state index contributed by atoms with van der Waals surface area (Å²) in [6, 6.07) is 15.4. The van der Waals surface area contributed by atoms with Crippen LogP contribution in [0.25, 0.3) is 0 Å². The third-order valence-electron chi connectivity index (χ3n) is 5.00. The van der Waals surface area contributed by atoms with Gasteiger partial charge in [0, 0.05) is 5.69 Å². The van der Waals surface area contributed by atoms with E-state index in [1.165, 1.54) is 6.07 Å². The standard InChI is InChI=1S/C20H16N4O3/c21-11-13-4-3-6-15(10-13)22-17(25)12-24-18(26)20(23-19(24)27)9-8-14-5-1-2-7-16(14)20/h1-7,10H,8-9,12H2,(H,22,25)(H,23,27)/t20-/m1/s1. The van der Waals surface area contributed by atoms with Crippen LogP contribution in [0.4, 0.5) is 10.5 Å². The molecule has 1 spiro atoms. The van der Waals surface area contributed by atoms with Gasteiger partial charge in [-0.2, -0.15) is 5.26 Å². The number of carbonyl (C=O) groups is 3. The number of urea groups is 1. The van der Waals surface area contributed by atoms with Gasteiger partial charge in [0.15, 0.2) is 0 Å². The maximum absolute atomic E-state index is 13.0. The highest BCUT2D eigenvalue weighted by atomic mass is 16.2. The lowest BCUT2D eigenvalue weighted by molar-refractivity contribution is -0.134. The number of imide groups is 1. The minimum atomic E-state index is -1.07. The Morgan fingerprint density at radius 2 is 2.04 bits per heavy atom. The topological polar surface area (TPSA) is 102 Å². The van der Waals surface area contributed by atoms with Crippen LogP contribution in [-0.4, -0.2) is 29.3 Å². The summed E-state index contributed by atoms with van der Waals surface area (Å²) in [7, 11) is 0. The van der Waals surface area contributed by atoms with Gasteiger partial charge < -0.3 is 10.6 Å². The van der Waals surface area contributed by atoms with E-state index in [4.69, 9.17) is 5.26 Å². The van der Waals surface area contributed by atoms with Gasteiger partial charge in [0.1, 0.15) is 12.1 Å². The fourth-order valence-electron chi connectivity index (χ4n) is 3.74. The van der Waals surface area contributed by atoms with Gasteiger partial charge in [-0.1, -0.05) is 30.3 Å². The highest BCUT2D eigenvalue weighted by molar-refractivity contribution is 6.10. The van der Waals surface area contributed by atoms with Crippen LogP contribution >= 0.6 is 0 Å². The molecule has 2 aromatic rings. The van der Waals surface area contributed by atoms with E-state index in [9.17, 15) is 14.4 Å². The zero-order valence-electron chi connectivity index (χ0n) is 14.4. The molecule has 7 nitrogen and oxygen atoms in total. The number of hydrogen-bond acceptors (Lipinski definition) is 4. The molecular formula is C20H16N4O3. The zero-order valence-corrected chi connectivity index (χ0v) is 14.4. The molecule has 4 amide bonds. The highest BCUT2D eigenvalue weighted by Crippen LogP contribution is 2.41. The number of nitrogens with one attached hydrogen (secondary N) is 2. The summed E-state index contributed by atoms with van der Waals surface area (Å²) >= 11 is 0. The summed E-state index contributed by atoms with van der Waals surface area (Å²) in [4.78, 5) is 38.7. The largest absolute Gasteiger partial charge is 0.325 e. The molecule has 1 fully saturated rings. The van der Waals surface area contributed by atoms with Crippen LogP contribution in [0.1, 0.15) is 23.1 Å². The molecule has 1 saturated heterocycles. The number of fused-ring (bicyclic) bond motifs is 2. The van der Waals surface area contributed by atoms with Gasteiger partial charge in [0.25, 0.3) is 5.91 Å². The molecule has 4 rings (SSSR count). The van der Waals surface area contributed by atoms with Crippen LogP contribution < -0.4 is 10.6 Å². The predicted octanol–water partition coefficient (Wildman–Crippen LogP) is 1.89. The summed E-state index contributed by atoms with van der Waals surface area (Å²) in [6.45, 7) is -0.384. The first-order valence-electron chi connectivity index (χ1n) is 8.56. The summed E-state index contributed by atoms with van der Waals surface area (Å²) in [5.41, 5.74) is 1.60. The summed E-state index contributed by atoms with van der Waals surface area (Å²) in [5, 5.41) is 14.3. The van der Waals surface area contributed by atoms with Crippen LogP contribution in [0.2, 0.25) is 0 Å². The van der Waals surface area contributed by atoms with Crippen molar-refractivity contribution in [3.05, 3.63) is 65.2 Å². The lowest BCUT2D eigenvalue weighted by Crippen LogP contribution is -2.43. The number of carbonyl (C=O) groups excluding carboxylic acids is 3. The molecule has 0 aromatic heterocycles. The van der Waals surface area contributed by atoms with Gasteiger partial charge in [-0.05, 0) is 42.2 Å². The number of benzene rings is 2. The third kappa shape index (κ3) is 2.72. The molecule has 1 heterocycles. The number of rotatable bonds is 3. The average Bonchev–Trinajstić information content (AvgIpc) is 3.15. The average molecular weight is 360 g/mol.